The monoisotopic (exact) mass is 552 g/mol. The smallest absolute Gasteiger partial charge is 0.191 e. The standard InChI is InChI=1S/C24H32N4OS.HI/c1-24(2)16-21(20-6-4-5-7-22(20)29-24)27-23(25-3)26-17-18-8-10-19(11-9-18)28-12-14-30-15-13-28;/h4-11,21H,12-17H2,1-3H3,(H2,25,26,27);1H. The number of aliphatic imine (C=N–C) groups is 1. The van der Waals surface area contributed by atoms with Crippen molar-refractivity contribution in [2.24, 2.45) is 4.99 Å². The van der Waals surface area contributed by atoms with Gasteiger partial charge in [-0.05, 0) is 37.6 Å². The van der Waals surface area contributed by atoms with E-state index in [1.165, 1.54) is 28.3 Å². The van der Waals surface area contributed by atoms with Crippen LogP contribution < -0.4 is 20.3 Å². The number of benzene rings is 2. The Bertz CT molecular complexity index is 881. The molecule has 1 atom stereocenters. The van der Waals surface area contributed by atoms with Gasteiger partial charge in [-0.3, -0.25) is 4.99 Å². The molecule has 1 fully saturated rings. The molecule has 2 aromatic rings. The van der Waals surface area contributed by atoms with E-state index < -0.39 is 0 Å². The molecule has 168 valence electrons. The zero-order valence-corrected chi connectivity index (χ0v) is 21.7. The third-order valence-electron chi connectivity index (χ3n) is 5.68. The lowest BCUT2D eigenvalue weighted by molar-refractivity contribution is 0.0694. The molecule has 0 radical (unpaired) electrons. The Morgan fingerprint density at radius 3 is 2.55 bits per heavy atom. The van der Waals surface area contributed by atoms with Crippen molar-refractivity contribution in [2.75, 3.05) is 36.5 Å². The first-order chi connectivity index (χ1) is 14.5. The van der Waals surface area contributed by atoms with Crippen molar-refractivity contribution in [3.63, 3.8) is 0 Å². The van der Waals surface area contributed by atoms with Crippen LogP contribution in [0.2, 0.25) is 0 Å². The fourth-order valence-corrected chi connectivity index (χ4v) is 5.03. The predicted molar refractivity (Wildman–Crippen MR) is 143 cm³/mol. The highest BCUT2D eigenvalue weighted by Gasteiger charge is 2.33. The van der Waals surface area contributed by atoms with E-state index in [9.17, 15) is 0 Å². The van der Waals surface area contributed by atoms with Crippen molar-refractivity contribution in [1.29, 1.82) is 0 Å². The Morgan fingerprint density at radius 2 is 1.84 bits per heavy atom. The van der Waals surface area contributed by atoms with Crippen LogP contribution in [-0.2, 0) is 6.54 Å². The number of fused-ring (bicyclic) bond motifs is 1. The van der Waals surface area contributed by atoms with Gasteiger partial charge in [-0.25, -0.2) is 0 Å². The highest BCUT2D eigenvalue weighted by molar-refractivity contribution is 14.0. The molecule has 0 aliphatic carbocycles. The van der Waals surface area contributed by atoms with Crippen LogP contribution in [-0.4, -0.2) is 43.2 Å². The Balaban J connectivity index is 0.00000272. The first kappa shape index (κ1) is 24.0. The first-order valence-electron chi connectivity index (χ1n) is 10.7. The van der Waals surface area contributed by atoms with Crippen molar-refractivity contribution in [3.05, 3.63) is 59.7 Å². The summed E-state index contributed by atoms with van der Waals surface area (Å²) in [5.41, 5.74) is 3.54. The van der Waals surface area contributed by atoms with Crippen LogP contribution in [0.25, 0.3) is 0 Å². The van der Waals surface area contributed by atoms with E-state index in [1.54, 1.807) is 0 Å². The summed E-state index contributed by atoms with van der Waals surface area (Å²) in [5, 5.41) is 7.07. The summed E-state index contributed by atoms with van der Waals surface area (Å²) >= 11 is 2.04. The number of para-hydroxylation sites is 1. The molecule has 0 amide bonds. The quantitative estimate of drug-likeness (QED) is 0.324. The third kappa shape index (κ3) is 6.22. The second-order valence-corrected chi connectivity index (χ2v) is 9.72. The Labute approximate surface area is 207 Å². The van der Waals surface area contributed by atoms with E-state index in [0.717, 1.165) is 37.8 Å². The summed E-state index contributed by atoms with van der Waals surface area (Å²) in [5.74, 6) is 4.20. The van der Waals surface area contributed by atoms with E-state index in [2.05, 4.69) is 70.8 Å². The Hall–Kier alpha value is -1.61. The van der Waals surface area contributed by atoms with Gasteiger partial charge in [0, 0.05) is 55.9 Å². The Morgan fingerprint density at radius 1 is 1.13 bits per heavy atom. The third-order valence-corrected chi connectivity index (χ3v) is 6.63. The van der Waals surface area contributed by atoms with Crippen molar-refractivity contribution in [1.82, 2.24) is 10.6 Å². The van der Waals surface area contributed by atoms with Gasteiger partial charge in [-0.15, -0.1) is 24.0 Å². The minimum atomic E-state index is -0.215. The average molecular weight is 553 g/mol. The van der Waals surface area contributed by atoms with Gasteiger partial charge in [0.15, 0.2) is 5.96 Å². The van der Waals surface area contributed by atoms with Gasteiger partial charge in [0.05, 0.1) is 6.04 Å². The lowest BCUT2D eigenvalue weighted by Crippen LogP contribution is -2.45. The minimum absolute atomic E-state index is 0. The average Bonchev–Trinajstić information content (AvgIpc) is 2.76. The number of nitrogens with one attached hydrogen (secondary N) is 2. The maximum Gasteiger partial charge on any atom is 0.191 e. The van der Waals surface area contributed by atoms with E-state index >= 15 is 0 Å². The number of halogens is 1. The number of nitrogens with zero attached hydrogens (tertiary/aromatic N) is 2. The molecule has 1 unspecified atom stereocenters. The van der Waals surface area contributed by atoms with Crippen LogP contribution >= 0.6 is 35.7 Å². The summed E-state index contributed by atoms with van der Waals surface area (Å²) in [7, 11) is 1.82. The normalized spacial score (nSPS) is 20.2. The molecule has 5 nitrogen and oxygen atoms in total. The fraction of sp³-hybridized carbons (Fsp3) is 0.458. The number of anilines is 1. The lowest BCUT2D eigenvalue weighted by atomic mass is 9.90. The fourth-order valence-electron chi connectivity index (χ4n) is 4.12. The Kier molecular flexibility index (Phi) is 8.38. The molecule has 7 heteroatoms. The molecule has 0 saturated carbocycles. The number of guanidine groups is 1. The SMILES string of the molecule is CN=C(NCc1ccc(N2CCSCC2)cc1)NC1CC(C)(C)Oc2ccccc21.I. The number of rotatable bonds is 4. The molecule has 2 aromatic carbocycles. The van der Waals surface area contributed by atoms with Gasteiger partial charge >= 0.3 is 0 Å². The van der Waals surface area contributed by atoms with Gasteiger partial charge in [-0.2, -0.15) is 11.8 Å². The maximum atomic E-state index is 6.15. The summed E-state index contributed by atoms with van der Waals surface area (Å²) < 4.78 is 6.15. The summed E-state index contributed by atoms with van der Waals surface area (Å²) in [4.78, 5) is 6.92. The minimum Gasteiger partial charge on any atom is -0.487 e. The molecule has 4 rings (SSSR count). The number of thioether (sulfide) groups is 1. The maximum absolute atomic E-state index is 6.15. The van der Waals surface area contributed by atoms with E-state index in [0.29, 0.717) is 0 Å². The highest BCUT2D eigenvalue weighted by Crippen LogP contribution is 2.39. The van der Waals surface area contributed by atoms with Crippen LogP contribution in [0.5, 0.6) is 5.75 Å². The summed E-state index contributed by atoms with van der Waals surface area (Å²) in [6, 6.07) is 17.3. The van der Waals surface area contributed by atoms with Gasteiger partial charge in [0.1, 0.15) is 11.4 Å². The summed E-state index contributed by atoms with van der Waals surface area (Å²) in [6.07, 6.45) is 0.882. The number of hydrogen-bond donors (Lipinski definition) is 2. The molecule has 0 bridgehead atoms. The van der Waals surface area contributed by atoms with Crippen molar-refractivity contribution >= 4 is 47.4 Å². The van der Waals surface area contributed by atoms with E-state index in [1.807, 2.05) is 30.9 Å². The number of ether oxygens (including phenoxy) is 1. The van der Waals surface area contributed by atoms with E-state index in [4.69, 9.17) is 4.74 Å². The predicted octanol–water partition coefficient (Wildman–Crippen LogP) is 4.83. The molecular weight excluding hydrogens is 519 g/mol. The van der Waals surface area contributed by atoms with Crippen LogP contribution in [0.4, 0.5) is 5.69 Å². The molecule has 2 aliphatic rings. The molecular formula is C24H33IN4OS. The van der Waals surface area contributed by atoms with E-state index in [-0.39, 0.29) is 35.6 Å². The number of hydrogen-bond acceptors (Lipinski definition) is 4. The largest absolute Gasteiger partial charge is 0.487 e. The molecule has 0 spiro atoms. The highest BCUT2D eigenvalue weighted by atomic mass is 127. The van der Waals surface area contributed by atoms with Gasteiger partial charge in [0.2, 0.25) is 0 Å². The topological polar surface area (TPSA) is 48.9 Å². The molecule has 2 N–H and O–H groups in total. The lowest BCUT2D eigenvalue weighted by Gasteiger charge is -2.38. The second kappa shape index (κ2) is 10.8. The van der Waals surface area contributed by atoms with Crippen LogP contribution in [0, 0.1) is 0 Å². The van der Waals surface area contributed by atoms with Crippen molar-refractivity contribution < 1.29 is 4.74 Å². The molecule has 0 aromatic heterocycles. The van der Waals surface area contributed by atoms with Crippen LogP contribution in [0.15, 0.2) is 53.5 Å². The second-order valence-electron chi connectivity index (χ2n) is 8.49. The molecule has 2 heterocycles. The zero-order chi connectivity index (χ0) is 21.0. The van der Waals surface area contributed by atoms with Crippen molar-refractivity contribution in [3.8, 4) is 5.75 Å². The van der Waals surface area contributed by atoms with Gasteiger partial charge < -0.3 is 20.3 Å². The summed E-state index contributed by atoms with van der Waals surface area (Å²) in [6.45, 7) is 7.29. The molecule has 2 aliphatic heterocycles. The molecule has 1 saturated heterocycles. The van der Waals surface area contributed by atoms with Gasteiger partial charge in [-0.1, -0.05) is 30.3 Å². The van der Waals surface area contributed by atoms with Crippen LogP contribution in [0.1, 0.15) is 37.4 Å². The first-order valence-corrected chi connectivity index (χ1v) is 11.9. The van der Waals surface area contributed by atoms with Crippen LogP contribution in [0.3, 0.4) is 0 Å². The van der Waals surface area contributed by atoms with Gasteiger partial charge in [0.25, 0.3) is 0 Å². The molecule has 31 heavy (non-hydrogen) atoms. The zero-order valence-electron chi connectivity index (χ0n) is 18.6. The van der Waals surface area contributed by atoms with Crippen molar-refractivity contribution in [2.45, 2.75) is 38.5 Å².